The first kappa shape index (κ1) is 17.0. The van der Waals surface area contributed by atoms with Gasteiger partial charge in [0.25, 0.3) is 5.91 Å². The third kappa shape index (κ3) is 6.10. The lowest BCUT2D eigenvalue weighted by Crippen LogP contribution is -2.20. The Labute approximate surface area is 142 Å². The van der Waals surface area contributed by atoms with E-state index in [0.717, 1.165) is 5.56 Å². The number of amides is 1. The molecule has 0 spiro atoms. The number of hydrogen-bond acceptors (Lipinski definition) is 4. The van der Waals surface area contributed by atoms with E-state index in [1.807, 2.05) is 0 Å². The normalized spacial score (nSPS) is 10.5. The monoisotopic (exact) mass is 350 g/mol. The van der Waals surface area contributed by atoms with Crippen molar-refractivity contribution in [1.29, 1.82) is 0 Å². The summed E-state index contributed by atoms with van der Waals surface area (Å²) in [5, 5.41) is 3.55. The largest absolute Gasteiger partial charge is 0.452 e. The second-order valence-electron chi connectivity index (χ2n) is 4.40. The minimum atomic E-state index is -0.626. The van der Waals surface area contributed by atoms with Gasteiger partial charge in [0.05, 0.1) is 5.02 Å². The van der Waals surface area contributed by atoms with Crippen LogP contribution in [0.25, 0.3) is 6.08 Å². The number of anilines is 1. The lowest BCUT2D eigenvalue weighted by Gasteiger charge is -2.04. The van der Waals surface area contributed by atoms with Crippen LogP contribution in [0, 0.1) is 0 Å². The van der Waals surface area contributed by atoms with Crippen LogP contribution in [-0.2, 0) is 14.3 Å². The maximum Gasteiger partial charge on any atom is 0.331 e. The van der Waals surface area contributed by atoms with Crippen molar-refractivity contribution in [2.24, 2.45) is 0 Å². The number of hydrogen-bond donors (Lipinski definition) is 1. The lowest BCUT2D eigenvalue weighted by molar-refractivity contribution is -0.142. The van der Waals surface area contributed by atoms with Gasteiger partial charge in [-0.2, -0.15) is 0 Å². The molecule has 1 N–H and O–H groups in total. The predicted octanol–water partition coefficient (Wildman–Crippen LogP) is 3.58. The fourth-order valence-electron chi connectivity index (χ4n) is 1.55. The van der Waals surface area contributed by atoms with Crippen LogP contribution in [0.4, 0.5) is 5.82 Å². The zero-order chi connectivity index (χ0) is 16.7. The first-order valence-corrected chi connectivity index (χ1v) is 7.30. The van der Waals surface area contributed by atoms with Gasteiger partial charge in [-0.05, 0) is 35.9 Å². The number of aromatic nitrogens is 1. The van der Waals surface area contributed by atoms with Crippen molar-refractivity contribution in [1.82, 2.24) is 4.98 Å². The number of pyridine rings is 1. The number of nitrogens with zero attached hydrogens (tertiary/aromatic N) is 1. The Bertz CT molecular complexity index is 713. The van der Waals surface area contributed by atoms with Crippen LogP contribution in [0.3, 0.4) is 0 Å². The van der Waals surface area contributed by atoms with Crippen LogP contribution in [0.5, 0.6) is 0 Å². The van der Waals surface area contributed by atoms with Crippen molar-refractivity contribution < 1.29 is 14.3 Å². The van der Waals surface area contributed by atoms with Gasteiger partial charge in [0.15, 0.2) is 6.61 Å². The topological polar surface area (TPSA) is 68.3 Å². The zero-order valence-corrected chi connectivity index (χ0v) is 13.3. The Hall–Kier alpha value is -2.37. The summed E-state index contributed by atoms with van der Waals surface area (Å²) in [7, 11) is 0. The fraction of sp³-hybridized carbons (Fsp3) is 0.0625. The molecule has 0 atom stereocenters. The van der Waals surface area contributed by atoms with Crippen LogP contribution in [0.2, 0.25) is 10.0 Å². The summed E-state index contributed by atoms with van der Waals surface area (Å²) in [6.07, 6.45) is 4.20. The summed E-state index contributed by atoms with van der Waals surface area (Å²) < 4.78 is 4.83. The Morgan fingerprint density at radius 2 is 1.78 bits per heavy atom. The Morgan fingerprint density at radius 1 is 1.09 bits per heavy atom. The molecule has 0 aliphatic carbocycles. The summed E-state index contributed by atoms with van der Waals surface area (Å²) in [6, 6.07) is 10.1. The van der Waals surface area contributed by atoms with Gasteiger partial charge < -0.3 is 10.1 Å². The molecule has 1 aromatic heterocycles. The molecular weight excluding hydrogens is 339 g/mol. The molecule has 0 fully saturated rings. The van der Waals surface area contributed by atoms with Crippen molar-refractivity contribution in [2.75, 3.05) is 11.9 Å². The maximum absolute atomic E-state index is 11.6. The van der Waals surface area contributed by atoms with E-state index in [4.69, 9.17) is 27.9 Å². The standard InChI is InChI=1S/C16H12Cl2N2O3/c17-12-4-1-11(2-5-12)3-8-16(22)23-10-15(21)20-14-7-6-13(18)9-19-14/h1-9H,10H2,(H,19,20,21)/b8-3+. The number of benzene rings is 1. The molecule has 0 bridgehead atoms. The van der Waals surface area contributed by atoms with Crippen molar-refractivity contribution >= 4 is 47.0 Å². The number of ether oxygens (including phenoxy) is 1. The second kappa shape index (κ2) is 8.31. The van der Waals surface area contributed by atoms with E-state index in [2.05, 4.69) is 10.3 Å². The number of rotatable bonds is 5. The molecule has 0 aliphatic heterocycles. The number of carbonyl (C=O) groups excluding carboxylic acids is 2. The predicted molar refractivity (Wildman–Crippen MR) is 89.3 cm³/mol. The van der Waals surface area contributed by atoms with Crippen molar-refractivity contribution in [3.63, 3.8) is 0 Å². The van der Waals surface area contributed by atoms with E-state index >= 15 is 0 Å². The van der Waals surface area contributed by atoms with Gasteiger partial charge in [0.2, 0.25) is 0 Å². The van der Waals surface area contributed by atoms with Crippen molar-refractivity contribution in [3.8, 4) is 0 Å². The van der Waals surface area contributed by atoms with Gasteiger partial charge in [-0.15, -0.1) is 0 Å². The molecule has 0 saturated carbocycles. The quantitative estimate of drug-likeness (QED) is 0.660. The Balaban J connectivity index is 1.78. The average Bonchev–Trinajstić information content (AvgIpc) is 2.54. The van der Waals surface area contributed by atoms with Gasteiger partial charge in [-0.25, -0.2) is 9.78 Å². The number of carbonyl (C=O) groups is 2. The van der Waals surface area contributed by atoms with Crippen LogP contribution < -0.4 is 5.32 Å². The first-order valence-electron chi connectivity index (χ1n) is 6.55. The Morgan fingerprint density at radius 3 is 2.43 bits per heavy atom. The molecule has 7 heteroatoms. The van der Waals surface area contributed by atoms with Crippen molar-refractivity contribution in [2.45, 2.75) is 0 Å². The molecule has 2 aromatic rings. The molecule has 5 nitrogen and oxygen atoms in total. The summed E-state index contributed by atoms with van der Waals surface area (Å²) in [4.78, 5) is 27.0. The minimum absolute atomic E-state index is 0.326. The summed E-state index contributed by atoms with van der Waals surface area (Å²) in [5.74, 6) is -0.792. The van der Waals surface area contributed by atoms with Gasteiger partial charge in [0.1, 0.15) is 5.82 Å². The smallest absolute Gasteiger partial charge is 0.331 e. The highest BCUT2D eigenvalue weighted by Gasteiger charge is 2.06. The molecule has 0 aliphatic rings. The van der Waals surface area contributed by atoms with E-state index in [-0.39, 0.29) is 0 Å². The van der Waals surface area contributed by atoms with Crippen LogP contribution >= 0.6 is 23.2 Å². The van der Waals surface area contributed by atoms with E-state index < -0.39 is 18.5 Å². The molecule has 0 radical (unpaired) electrons. The van der Waals surface area contributed by atoms with Gasteiger partial charge in [-0.1, -0.05) is 35.3 Å². The van der Waals surface area contributed by atoms with E-state index in [1.54, 1.807) is 42.5 Å². The molecule has 1 aromatic carbocycles. The van der Waals surface area contributed by atoms with Gasteiger partial charge in [0, 0.05) is 17.3 Å². The van der Waals surface area contributed by atoms with Crippen LogP contribution in [-0.4, -0.2) is 23.5 Å². The van der Waals surface area contributed by atoms with Crippen LogP contribution in [0.15, 0.2) is 48.7 Å². The zero-order valence-electron chi connectivity index (χ0n) is 11.8. The molecule has 118 valence electrons. The maximum atomic E-state index is 11.6. The van der Waals surface area contributed by atoms with Gasteiger partial charge in [-0.3, -0.25) is 4.79 Å². The summed E-state index contributed by atoms with van der Waals surface area (Å²) >= 11 is 11.4. The SMILES string of the molecule is O=C(COC(=O)/C=C/c1ccc(Cl)cc1)Nc1ccc(Cl)cn1. The summed E-state index contributed by atoms with van der Waals surface area (Å²) in [5.41, 5.74) is 0.793. The minimum Gasteiger partial charge on any atom is -0.452 e. The first-order chi connectivity index (χ1) is 11.0. The molecule has 23 heavy (non-hydrogen) atoms. The van der Waals surface area contributed by atoms with Crippen LogP contribution in [0.1, 0.15) is 5.56 Å². The number of halogens is 2. The van der Waals surface area contributed by atoms with E-state index in [9.17, 15) is 9.59 Å². The van der Waals surface area contributed by atoms with E-state index in [1.165, 1.54) is 12.3 Å². The Kier molecular flexibility index (Phi) is 6.14. The van der Waals surface area contributed by atoms with Gasteiger partial charge >= 0.3 is 5.97 Å². The third-order valence-electron chi connectivity index (χ3n) is 2.62. The molecule has 0 unspecified atom stereocenters. The molecular formula is C16H12Cl2N2O3. The summed E-state index contributed by atoms with van der Waals surface area (Å²) in [6.45, 7) is -0.409. The third-order valence-corrected chi connectivity index (χ3v) is 3.10. The highest BCUT2D eigenvalue weighted by molar-refractivity contribution is 6.30. The molecule has 0 saturated heterocycles. The number of nitrogens with one attached hydrogen (secondary N) is 1. The fourth-order valence-corrected chi connectivity index (χ4v) is 1.79. The average molecular weight is 351 g/mol. The highest BCUT2D eigenvalue weighted by Crippen LogP contribution is 2.11. The molecule has 1 heterocycles. The molecule has 2 rings (SSSR count). The van der Waals surface area contributed by atoms with E-state index in [0.29, 0.717) is 15.9 Å². The second-order valence-corrected chi connectivity index (χ2v) is 5.28. The molecule has 1 amide bonds. The van der Waals surface area contributed by atoms with Crippen molar-refractivity contribution in [3.05, 3.63) is 64.3 Å². The number of esters is 1. The lowest BCUT2D eigenvalue weighted by atomic mass is 10.2. The highest BCUT2D eigenvalue weighted by atomic mass is 35.5.